The molecule has 396 valence electrons. The van der Waals surface area contributed by atoms with Gasteiger partial charge in [-0.3, -0.25) is 0 Å². The summed E-state index contributed by atoms with van der Waals surface area (Å²) in [6.45, 7) is 41.7. The van der Waals surface area contributed by atoms with Crippen LogP contribution in [0.15, 0.2) is 127 Å². The zero-order chi connectivity index (χ0) is 55.8. The fourth-order valence-electron chi connectivity index (χ4n) is 13.6. The molecule has 78 heavy (non-hydrogen) atoms. The minimum Gasteiger partial charge on any atom is -0.0736 e. The molecule has 0 saturated carbocycles. The van der Waals surface area contributed by atoms with E-state index in [0.717, 1.165) is 0 Å². The Kier molecular flexibility index (Phi) is 16.5. The van der Waals surface area contributed by atoms with Crippen LogP contribution in [-0.4, -0.2) is 0 Å². The van der Waals surface area contributed by atoms with Gasteiger partial charge in [0.1, 0.15) is 0 Å². The monoisotopic (exact) mass is 1130 g/mol. The number of hydrogen-bond acceptors (Lipinski definition) is 3. The predicted octanol–water partition coefficient (Wildman–Crippen LogP) is 22.7. The number of hydrogen-bond donors (Lipinski definition) is 0. The van der Waals surface area contributed by atoms with Crippen molar-refractivity contribution in [2.24, 2.45) is 0 Å². The Bertz CT molecular complexity index is 3130. The molecule has 1 aliphatic rings. The molecule has 0 nitrogen and oxygen atoms in total. The lowest BCUT2D eigenvalue weighted by molar-refractivity contribution is 1.31. The molecule has 1 saturated heterocycles. The third kappa shape index (κ3) is 10.7. The highest BCUT2D eigenvalue weighted by Gasteiger charge is 2.42. The molecule has 9 aromatic carbocycles. The van der Waals surface area contributed by atoms with Crippen LogP contribution in [0.1, 0.15) is 100 Å². The molecule has 0 aliphatic carbocycles. The summed E-state index contributed by atoms with van der Waals surface area (Å²) in [6.07, 6.45) is -2.95. The molecule has 0 radical (unpaired) electrons. The number of rotatable bonds is 9. The second-order valence-electron chi connectivity index (χ2n) is 22.8. The second-order valence-corrected chi connectivity index (χ2v) is 40.7. The van der Waals surface area contributed by atoms with Gasteiger partial charge in [-0.2, -0.15) is 0 Å². The third-order valence-corrected chi connectivity index (χ3v) is 44.0. The van der Waals surface area contributed by atoms with Gasteiger partial charge in [0, 0.05) is 15.9 Å². The number of aryl methyl sites for hydroxylation is 18. The van der Waals surface area contributed by atoms with Crippen LogP contribution in [0.5, 0.6) is 0 Å². The summed E-state index contributed by atoms with van der Waals surface area (Å²) in [5, 5.41) is 4.55. The molecule has 0 atom stereocenters. The van der Waals surface area contributed by atoms with Crippen molar-refractivity contribution in [2.75, 3.05) is 0 Å². The Morgan fingerprint density at radius 2 is 0.333 bits per heavy atom. The summed E-state index contributed by atoms with van der Waals surface area (Å²) >= 11 is 6.97. The van der Waals surface area contributed by atoms with E-state index in [1.54, 1.807) is 0 Å². The van der Waals surface area contributed by atoms with E-state index >= 15 is 0 Å². The molecule has 0 amide bonds. The van der Waals surface area contributed by atoms with Crippen molar-refractivity contribution in [2.45, 2.75) is 125 Å². The highest BCUT2D eigenvalue weighted by Crippen LogP contribution is 2.97. The Labute approximate surface area is 483 Å². The second kappa shape index (κ2) is 22.7. The molecule has 9 aromatic rings. The van der Waals surface area contributed by atoms with E-state index in [9.17, 15) is 0 Å². The fraction of sp³-hybridized carbons (Fsp3) is 0.250. The summed E-state index contributed by atoms with van der Waals surface area (Å²) < 4.78 is 0. The highest BCUT2D eigenvalue weighted by molar-refractivity contribution is 9.37. The molecular weight excluding hydrogens is 1050 g/mol. The van der Waals surface area contributed by atoms with Crippen molar-refractivity contribution in [1.29, 1.82) is 0 Å². The zero-order valence-corrected chi connectivity index (χ0v) is 54.3. The van der Waals surface area contributed by atoms with E-state index in [0.29, 0.717) is 0 Å². The van der Waals surface area contributed by atoms with Crippen LogP contribution < -0.4 is 15.9 Å². The molecule has 0 bridgehead atoms. The molecule has 1 aliphatic heterocycles. The lowest BCUT2D eigenvalue weighted by atomic mass is 9.89. The van der Waals surface area contributed by atoms with Crippen LogP contribution in [0, 0.1) is 125 Å². The normalized spacial score (nSPS) is 15.5. The van der Waals surface area contributed by atoms with E-state index in [1.807, 2.05) is 0 Å². The Morgan fingerprint density at radius 3 is 0.462 bits per heavy atom. The molecule has 6 heteroatoms. The minimum absolute atomic E-state index is 0.983. The van der Waals surface area contributed by atoms with Crippen molar-refractivity contribution in [3.63, 3.8) is 0 Å². The first-order valence-corrected chi connectivity index (χ1v) is 37.5. The predicted molar refractivity (Wildman–Crippen MR) is 360 cm³/mol. The summed E-state index contributed by atoms with van der Waals surface area (Å²) in [7, 11) is 0. The lowest BCUT2D eigenvalue weighted by Crippen LogP contribution is -2.15. The lowest BCUT2D eigenvalue weighted by Gasteiger charge is -2.39. The van der Waals surface area contributed by atoms with E-state index < -0.39 is 19.0 Å². The maximum atomic E-state index is 2.48. The third-order valence-electron chi connectivity index (χ3n) is 15.8. The molecule has 1 fully saturated rings. The van der Waals surface area contributed by atoms with Crippen LogP contribution in [0.3, 0.4) is 0 Å². The van der Waals surface area contributed by atoms with Gasteiger partial charge < -0.3 is 0 Å². The van der Waals surface area contributed by atoms with Crippen molar-refractivity contribution in [3.8, 4) is 66.8 Å². The summed E-state index contributed by atoms with van der Waals surface area (Å²) in [4.78, 5) is 0. The molecular formula is C72H75P3S3. The fourth-order valence-corrected chi connectivity index (χ4v) is 56.1. The first-order valence-electron chi connectivity index (χ1n) is 27.4. The SMILES string of the molecule is Cc1cc(C)c(-c2cccc(-c3c(C)cc(C)cc3C)c2P2SP(c3c(-c4c(C)cc(C)cc4C)cccc3-c3c(C)cc(C)cc3C)SP(c3c(-c4c(C)cc(C)cc4C)cccc3-c3c(C)cc(C)cc3C)S2)c(C)c1. The molecule has 0 unspecified atom stereocenters. The van der Waals surface area contributed by atoms with Crippen LogP contribution in [-0.2, 0) is 0 Å². The zero-order valence-electron chi connectivity index (χ0n) is 49.2. The Hall–Kier alpha value is -4.68. The average molecular weight is 1130 g/mol. The van der Waals surface area contributed by atoms with Gasteiger partial charge in [-0.15, -0.1) is 0 Å². The Morgan fingerprint density at radius 1 is 0.205 bits per heavy atom. The molecule has 0 N–H and O–H groups in total. The standard InChI is InChI=1S/C72H75P3S3/c1-40-28-46(7)64(47(8)29-40)58-22-19-23-59(65-48(9)30-41(2)31-49(65)10)70(58)73-76-74(71-60(66-50(11)32-42(3)33-51(66)12)24-20-25-61(71)67-52(13)34-43(4)35-53(67)14)78-75(77-73)72-62(68-54(15)36-44(5)37-55(68)16)26-21-27-63(72)69-56(17)38-45(6)39-57(69)18/h19-39H,1-18H3. The van der Waals surface area contributed by atoms with E-state index in [2.05, 4.69) is 285 Å². The van der Waals surface area contributed by atoms with Gasteiger partial charge in [-0.25, -0.2) is 0 Å². The van der Waals surface area contributed by atoms with Crippen molar-refractivity contribution in [3.05, 3.63) is 228 Å². The van der Waals surface area contributed by atoms with Crippen LogP contribution >= 0.6 is 52.0 Å². The largest absolute Gasteiger partial charge is 0.0736 e. The summed E-state index contributed by atoms with van der Waals surface area (Å²) in [6, 6.07) is 50.9. The summed E-state index contributed by atoms with van der Waals surface area (Å²) in [5.74, 6) is 0. The minimum atomic E-state index is -0.983. The van der Waals surface area contributed by atoms with Crippen molar-refractivity contribution >= 4 is 67.9 Å². The van der Waals surface area contributed by atoms with Gasteiger partial charge in [-0.05, 0) is 258 Å². The quantitative estimate of drug-likeness (QED) is 0.132. The van der Waals surface area contributed by atoms with Gasteiger partial charge in [0.2, 0.25) is 0 Å². The smallest absolute Gasteiger partial charge is 0.0565 e. The van der Waals surface area contributed by atoms with E-state index in [1.165, 1.54) is 183 Å². The molecule has 0 spiro atoms. The maximum Gasteiger partial charge on any atom is 0.0565 e. The maximum absolute atomic E-state index is 2.48. The van der Waals surface area contributed by atoms with Gasteiger partial charge in [0.15, 0.2) is 0 Å². The first-order chi connectivity index (χ1) is 37.1. The van der Waals surface area contributed by atoms with Gasteiger partial charge in [-0.1, -0.05) is 194 Å². The highest BCUT2D eigenvalue weighted by atomic mass is 33.6. The topological polar surface area (TPSA) is 0 Å². The average Bonchev–Trinajstić information content (AvgIpc) is 3.32. The van der Waals surface area contributed by atoms with E-state index in [4.69, 9.17) is 0 Å². The van der Waals surface area contributed by atoms with Crippen LogP contribution in [0.25, 0.3) is 66.8 Å². The van der Waals surface area contributed by atoms with Crippen molar-refractivity contribution < 1.29 is 0 Å². The molecule has 10 rings (SSSR count). The van der Waals surface area contributed by atoms with E-state index in [-0.39, 0.29) is 0 Å². The van der Waals surface area contributed by atoms with Crippen LogP contribution in [0.4, 0.5) is 0 Å². The summed E-state index contributed by atoms with van der Waals surface area (Å²) in [5.41, 5.74) is 40.6. The van der Waals surface area contributed by atoms with Crippen LogP contribution in [0.2, 0.25) is 0 Å². The first kappa shape index (κ1) is 56.6. The molecule has 1 heterocycles. The van der Waals surface area contributed by atoms with Gasteiger partial charge in [0.25, 0.3) is 0 Å². The molecule has 0 aromatic heterocycles. The van der Waals surface area contributed by atoms with Gasteiger partial charge in [0.05, 0.1) is 19.0 Å². The van der Waals surface area contributed by atoms with Crippen molar-refractivity contribution in [1.82, 2.24) is 0 Å². The van der Waals surface area contributed by atoms with Gasteiger partial charge >= 0.3 is 0 Å². The Balaban J connectivity index is 1.37. The number of benzene rings is 9.